The molecule has 224 valence electrons. The van der Waals surface area contributed by atoms with Crippen molar-refractivity contribution in [1.82, 2.24) is 29.8 Å². The highest BCUT2D eigenvalue weighted by Crippen LogP contribution is 2.52. The molecule has 0 radical (unpaired) electrons. The van der Waals surface area contributed by atoms with Gasteiger partial charge in [0.2, 0.25) is 5.91 Å². The second-order valence-electron chi connectivity index (χ2n) is 12.9. The average molecular weight is 592 g/mol. The maximum atomic E-state index is 12.3. The highest BCUT2D eigenvalue weighted by Gasteiger charge is 2.50. The Labute approximate surface area is 252 Å². The number of nitrogens with zero attached hydrogens (tertiary/aromatic N) is 6. The van der Waals surface area contributed by atoms with Crippen molar-refractivity contribution in [3.05, 3.63) is 41.2 Å². The second kappa shape index (κ2) is 10.7. The molecule has 1 atom stereocenters. The molecule has 1 saturated carbocycles. The first-order valence-electron chi connectivity index (χ1n) is 15.5. The van der Waals surface area contributed by atoms with Crippen LogP contribution in [0.25, 0.3) is 22.0 Å². The topological polar surface area (TPSA) is 82.5 Å². The number of likely N-dealkylation sites (tertiary alicyclic amines) is 1. The van der Waals surface area contributed by atoms with Gasteiger partial charge in [-0.1, -0.05) is 18.2 Å². The minimum absolute atomic E-state index is 0.00846. The predicted molar refractivity (Wildman–Crippen MR) is 166 cm³/mol. The van der Waals surface area contributed by atoms with Crippen LogP contribution in [0.3, 0.4) is 0 Å². The monoisotopic (exact) mass is 591 g/mol. The lowest BCUT2D eigenvalue weighted by molar-refractivity contribution is -0.127. The zero-order valence-electron chi connectivity index (χ0n) is 25.0. The molecule has 10 heteroatoms. The molecule has 2 aromatic heterocycles. The van der Waals surface area contributed by atoms with E-state index in [4.69, 9.17) is 21.4 Å². The Morgan fingerprint density at radius 3 is 2.57 bits per heavy atom. The van der Waals surface area contributed by atoms with Crippen molar-refractivity contribution in [2.24, 2.45) is 0 Å². The second-order valence-corrected chi connectivity index (χ2v) is 13.3. The zero-order valence-corrected chi connectivity index (χ0v) is 25.8. The summed E-state index contributed by atoms with van der Waals surface area (Å²) in [5.74, 6) is 1.06. The van der Waals surface area contributed by atoms with Crippen LogP contribution in [0.5, 0.6) is 0 Å². The normalized spacial score (nSPS) is 23.0. The fourth-order valence-electron chi connectivity index (χ4n) is 7.91. The van der Waals surface area contributed by atoms with Gasteiger partial charge in [-0.3, -0.25) is 19.5 Å². The number of benzene rings is 1. The van der Waals surface area contributed by atoms with Crippen molar-refractivity contribution in [3.8, 4) is 11.1 Å². The Balaban J connectivity index is 1.32. The number of aromatic nitrogens is 4. The van der Waals surface area contributed by atoms with Crippen LogP contribution >= 0.6 is 11.6 Å². The molecule has 5 heterocycles. The minimum atomic E-state index is 0.00846. The van der Waals surface area contributed by atoms with E-state index < -0.39 is 0 Å². The van der Waals surface area contributed by atoms with Crippen molar-refractivity contribution in [1.29, 1.82) is 0 Å². The summed E-state index contributed by atoms with van der Waals surface area (Å²) in [7, 11) is 2.29. The summed E-state index contributed by atoms with van der Waals surface area (Å²) in [6, 6.07) is 3.39. The summed E-state index contributed by atoms with van der Waals surface area (Å²) in [4.78, 5) is 19.4. The SMILES string of the molecule is C=CC(=O)N1CCC(n2nc(N3CCC(N(C)C4COC4)CC34CCC4)c(-c3c(Cl)c(C)cc4[nH]ncc34)c2C)CC1. The molecule has 4 fully saturated rings. The van der Waals surface area contributed by atoms with Crippen LogP contribution in [0.2, 0.25) is 5.02 Å². The lowest BCUT2D eigenvalue weighted by Gasteiger charge is -2.57. The van der Waals surface area contributed by atoms with Gasteiger partial charge in [-0.15, -0.1) is 0 Å². The summed E-state index contributed by atoms with van der Waals surface area (Å²) in [5, 5.41) is 14.9. The lowest BCUT2D eigenvalue weighted by Crippen LogP contribution is -2.64. The van der Waals surface area contributed by atoms with Crippen molar-refractivity contribution in [3.63, 3.8) is 0 Å². The van der Waals surface area contributed by atoms with Gasteiger partial charge in [0.1, 0.15) is 0 Å². The van der Waals surface area contributed by atoms with E-state index >= 15 is 0 Å². The lowest BCUT2D eigenvalue weighted by atomic mass is 9.68. The number of likely N-dealkylation sites (N-methyl/N-ethyl adjacent to an activating group) is 1. The number of ether oxygens (including phenoxy) is 1. The molecule has 3 saturated heterocycles. The Bertz CT molecular complexity index is 1510. The van der Waals surface area contributed by atoms with Gasteiger partial charge in [0.25, 0.3) is 0 Å². The first-order chi connectivity index (χ1) is 20.3. The Hall–Kier alpha value is -2.88. The minimum Gasteiger partial charge on any atom is -0.378 e. The Morgan fingerprint density at radius 1 is 1.17 bits per heavy atom. The van der Waals surface area contributed by atoms with Crippen LogP contribution in [-0.2, 0) is 9.53 Å². The number of H-pyrrole nitrogens is 1. The van der Waals surface area contributed by atoms with E-state index in [1.165, 1.54) is 25.3 Å². The summed E-state index contributed by atoms with van der Waals surface area (Å²) in [6.07, 6.45) is 10.9. The molecule has 3 aromatic rings. The van der Waals surface area contributed by atoms with Gasteiger partial charge in [-0.25, -0.2) is 0 Å². The number of carbonyl (C=O) groups is 1. The maximum Gasteiger partial charge on any atom is 0.245 e. The molecule has 1 N–H and O–H groups in total. The number of anilines is 1. The average Bonchev–Trinajstić information content (AvgIpc) is 3.55. The van der Waals surface area contributed by atoms with Gasteiger partial charge in [0.05, 0.1) is 42.0 Å². The molecule has 42 heavy (non-hydrogen) atoms. The molecular weight excluding hydrogens is 550 g/mol. The number of halogens is 1. The molecule has 1 spiro atoms. The van der Waals surface area contributed by atoms with E-state index in [9.17, 15) is 4.79 Å². The molecule has 1 aliphatic carbocycles. The largest absolute Gasteiger partial charge is 0.378 e. The van der Waals surface area contributed by atoms with Crippen molar-refractivity contribution in [2.45, 2.75) is 82.5 Å². The number of piperidine rings is 2. The third-order valence-electron chi connectivity index (χ3n) is 10.7. The fourth-order valence-corrected chi connectivity index (χ4v) is 8.16. The van der Waals surface area contributed by atoms with Gasteiger partial charge in [-0.2, -0.15) is 10.2 Å². The zero-order chi connectivity index (χ0) is 29.2. The van der Waals surface area contributed by atoms with E-state index in [-0.39, 0.29) is 17.5 Å². The van der Waals surface area contributed by atoms with Crippen LogP contribution in [0.1, 0.15) is 62.2 Å². The summed E-state index contributed by atoms with van der Waals surface area (Å²) in [6.45, 7) is 12.0. The fraction of sp³-hybridized carbons (Fsp3) is 0.594. The Kier molecular flexibility index (Phi) is 7.10. The van der Waals surface area contributed by atoms with Crippen LogP contribution in [-0.4, -0.2) is 93.2 Å². The molecule has 0 bridgehead atoms. The maximum absolute atomic E-state index is 12.3. The number of hydrogen-bond donors (Lipinski definition) is 1. The Morgan fingerprint density at radius 2 is 1.93 bits per heavy atom. The van der Waals surface area contributed by atoms with Gasteiger partial charge >= 0.3 is 0 Å². The van der Waals surface area contributed by atoms with Crippen LogP contribution < -0.4 is 4.90 Å². The quantitative estimate of drug-likeness (QED) is 0.393. The number of aromatic amines is 1. The number of hydrogen-bond acceptors (Lipinski definition) is 6. The molecule has 1 unspecified atom stereocenters. The van der Waals surface area contributed by atoms with Crippen molar-refractivity contribution >= 4 is 34.2 Å². The van der Waals surface area contributed by atoms with Gasteiger partial charge in [0.15, 0.2) is 5.82 Å². The van der Waals surface area contributed by atoms with Crippen molar-refractivity contribution < 1.29 is 9.53 Å². The van der Waals surface area contributed by atoms with Gasteiger partial charge < -0.3 is 14.5 Å². The molecule has 4 aliphatic rings. The first kappa shape index (κ1) is 27.9. The number of carbonyl (C=O) groups excluding carboxylic acids is 1. The first-order valence-corrected chi connectivity index (χ1v) is 15.9. The third kappa shape index (κ3) is 4.38. The number of amides is 1. The van der Waals surface area contributed by atoms with E-state index in [0.717, 1.165) is 89.6 Å². The van der Waals surface area contributed by atoms with Crippen LogP contribution in [0.15, 0.2) is 24.9 Å². The van der Waals surface area contributed by atoms with E-state index in [1.54, 1.807) is 0 Å². The van der Waals surface area contributed by atoms with Gasteiger partial charge in [0, 0.05) is 53.4 Å². The van der Waals surface area contributed by atoms with Gasteiger partial charge in [-0.05, 0) is 83.5 Å². The summed E-state index contributed by atoms with van der Waals surface area (Å²) < 4.78 is 7.78. The molecule has 7 rings (SSSR count). The van der Waals surface area contributed by atoms with Crippen LogP contribution in [0.4, 0.5) is 5.82 Å². The highest BCUT2D eigenvalue weighted by molar-refractivity contribution is 6.36. The van der Waals surface area contributed by atoms with Crippen molar-refractivity contribution in [2.75, 3.05) is 44.8 Å². The van der Waals surface area contributed by atoms with Crippen LogP contribution in [0, 0.1) is 13.8 Å². The number of nitrogens with one attached hydrogen (secondary N) is 1. The number of fused-ring (bicyclic) bond motifs is 1. The third-order valence-corrected chi connectivity index (χ3v) is 11.2. The smallest absolute Gasteiger partial charge is 0.245 e. The summed E-state index contributed by atoms with van der Waals surface area (Å²) >= 11 is 7.18. The molecule has 3 aliphatic heterocycles. The predicted octanol–water partition coefficient (Wildman–Crippen LogP) is 5.27. The highest BCUT2D eigenvalue weighted by atomic mass is 35.5. The number of aryl methyl sites for hydroxylation is 1. The standard InChI is InChI=1S/C32H42ClN7O2/c1-5-27(41)38-12-7-22(8-13-38)40-21(3)28(29-25-17-34-35-26(25)15-20(2)30(29)33)31(36-40)39-14-9-23(16-32(39)10-6-11-32)37(4)24-18-42-19-24/h5,15,17,22-24H,1,6-14,16,18-19H2,2-4H3,(H,34,35). The molecule has 1 aromatic carbocycles. The number of rotatable bonds is 6. The van der Waals surface area contributed by atoms with E-state index in [2.05, 4.69) is 58.2 Å². The molecule has 9 nitrogen and oxygen atoms in total. The summed E-state index contributed by atoms with van der Waals surface area (Å²) in [5.41, 5.74) is 5.41. The molecular formula is C32H42ClN7O2. The molecule has 1 amide bonds. The van der Waals surface area contributed by atoms with E-state index in [1.807, 2.05) is 11.1 Å². The van der Waals surface area contributed by atoms with E-state index in [0.29, 0.717) is 25.2 Å².